The summed E-state index contributed by atoms with van der Waals surface area (Å²) in [6, 6.07) is 14.5. The molecule has 6 heteroatoms. The Morgan fingerprint density at radius 3 is 2.71 bits per heavy atom. The molecular weight excluding hydrogens is 383 g/mol. The molecule has 0 amide bonds. The maximum Gasteiger partial charge on any atom is 0.330 e. The number of fused-ring (bicyclic) bond motifs is 1. The maximum atomic E-state index is 11.2. The van der Waals surface area contributed by atoms with Crippen LogP contribution in [0.5, 0.6) is 11.5 Å². The molecule has 0 fully saturated rings. The Bertz CT molecular complexity index is 836. The predicted molar refractivity (Wildman–Crippen MR) is 87.6 cm³/mol. The molecule has 0 aliphatic rings. The van der Waals surface area contributed by atoms with E-state index >= 15 is 0 Å². The minimum atomic E-state index is -0.483. The summed E-state index contributed by atoms with van der Waals surface area (Å²) in [7, 11) is 0. The fourth-order valence-corrected chi connectivity index (χ4v) is 2.51. The predicted octanol–water partition coefficient (Wildman–Crippen LogP) is 4.54. The van der Waals surface area contributed by atoms with E-state index in [0.717, 1.165) is 3.57 Å². The van der Waals surface area contributed by atoms with E-state index in [1.54, 1.807) is 24.3 Å². The zero-order valence-electron chi connectivity index (χ0n) is 10.7. The summed E-state index contributed by atoms with van der Waals surface area (Å²) in [5.74, 6) is 0.772. The molecular formula is C15H9IN2O3. The molecule has 0 bridgehead atoms. The lowest BCUT2D eigenvalue weighted by Crippen LogP contribution is -1.96. The summed E-state index contributed by atoms with van der Waals surface area (Å²) in [5, 5.41) is 11.8. The average Bonchev–Trinajstić information content (AvgIpc) is 2.47. The number of ether oxygens (including phenoxy) is 1. The fourth-order valence-electron chi connectivity index (χ4n) is 1.99. The van der Waals surface area contributed by atoms with Crippen LogP contribution in [0, 0.1) is 13.7 Å². The molecule has 3 rings (SSSR count). The van der Waals surface area contributed by atoms with Crippen LogP contribution in [-0.4, -0.2) is 9.91 Å². The lowest BCUT2D eigenvalue weighted by atomic mass is 10.2. The van der Waals surface area contributed by atoms with Gasteiger partial charge < -0.3 is 4.74 Å². The van der Waals surface area contributed by atoms with Gasteiger partial charge in [0.25, 0.3) is 0 Å². The Balaban J connectivity index is 2.18. The van der Waals surface area contributed by atoms with E-state index in [2.05, 4.69) is 27.6 Å². The molecule has 21 heavy (non-hydrogen) atoms. The third-order valence-corrected chi connectivity index (χ3v) is 3.59. The van der Waals surface area contributed by atoms with Crippen LogP contribution in [0.3, 0.4) is 0 Å². The van der Waals surface area contributed by atoms with Gasteiger partial charge in [-0.1, -0.05) is 18.2 Å². The lowest BCUT2D eigenvalue weighted by molar-refractivity contribution is -0.385. The fraction of sp³-hybridized carbons (Fsp3) is 0. The van der Waals surface area contributed by atoms with Gasteiger partial charge in [-0.25, -0.2) is 4.98 Å². The van der Waals surface area contributed by atoms with Crippen LogP contribution in [-0.2, 0) is 0 Å². The molecule has 0 N–H and O–H groups in total. The van der Waals surface area contributed by atoms with E-state index in [1.807, 2.05) is 24.3 Å². The van der Waals surface area contributed by atoms with Crippen molar-refractivity contribution < 1.29 is 9.66 Å². The summed E-state index contributed by atoms with van der Waals surface area (Å²) in [6.45, 7) is 0. The Morgan fingerprint density at radius 2 is 1.95 bits per heavy atom. The lowest BCUT2D eigenvalue weighted by Gasteiger charge is -2.09. The van der Waals surface area contributed by atoms with Crippen molar-refractivity contribution in [2.24, 2.45) is 0 Å². The highest BCUT2D eigenvalue weighted by atomic mass is 127. The number of aromatic nitrogens is 1. The first-order valence-corrected chi connectivity index (χ1v) is 7.18. The van der Waals surface area contributed by atoms with Gasteiger partial charge in [0.05, 0.1) is 15.8 Å². The minimum absolute atomic E-state index is 0.146. The Morgan fingerprint density at radius 1 is 1.14 bits per heavy atom. The summed E-state index contributed by atoms with van der Waals surface area (Å²) in [4.78, 5) is 14.8. The Hall–Kier alpha value is -2.22. The van der Waals surface area contributed by atoms with Crippen molar-refractivity contribution in [3.63, 3.8) is 0 Å². The SMILES string of the molecule is O=[N+]([O-])c1cnc2ccccc2c1Oc1cccc(I)c1. The van der Waals surface area contributed by atoms with Gasteiger partial charge in [-0.2, -0.15) is 0 Å². The van der Waals surface area contributed by atoms with Crippen LogP contribution in [0.2, 0.25) is 0 Å². The van der Waals surface area contributed by atoms with Crippen LogP contribution in [0.1, 0.15) is 0 Å². The van der Waals surface area contributed by atoms with Crippen LogP contribution in [0.25, 0.3) is 10.9 Å². The molecule has 104 valence electrons. The van der Waals surface area contributed by atoms with Gasteiger partial charge >= 0.3 is 5.69 Å². The number of benzene rings is 2. The van der Waals surface area contributed by atoms with Crippen molar-refractivity contribution in [2.75, 3.05) is 0 Å². The Labute approximate surface area is 133 Å². The summed E-state index contributed by atoms with van der Waals surface area (Å²) < 4.78 is 6.77. The molecule has 2 aromatic carbocycles. The first-order chi connectivity index (χ1) is 10.1. The second kappa shape index (κ2) is 5.65. The van der Waals surface area contributed by atoms with Gasteiger partial charge in [0.1, 0.15) is 11.9 Å². The molecule has 0 saturated heterocycles. The van der Waals surface area contributed by atoms with Crippen molar-refractivity contribution in [2.45, 2.75) is 0 Å². The van der Waals surface area contributed by atoms with E-state index in [1.165, 1.54) is 6.20 Å². The number of hydrogen-bond acceptors (Lipinski definition) is 4. The minimum Gasteiger partial charge on any atom is -0.449 e. The van der Waals surface area contributed by atoms with Crippen LogP contribution < -0.4 is 4.74 Å². The van der Waals surface area contributed by atoms with Gasteiger partial charge in [-0.05, 0) is 52.9 Å². The highest BCUT2D eigenvalue weighted by Gasteiger charge is 2.20. The molecule has 0 unspecified atom stereocenters. The third-order valence-electron chi connectivity index (χ3n) is 2.92. The summed E-state index contributed by atoms with van der Waals surface area (Å²) in [5.41, 5.74) is 0.510. The molecule has 0 spiro atoms. The van der Waals surface area contributed by atoms with E-state index in [9.17, 15) is 10.1 Å². The normalized spacial score (nSPS) is 10.5. The summed E-state index contributed by atoms with van der Waals surface area (Å²) in [6.07, 6.45) is 1.23. The van der Waals surface area contributed by atoms with Crippen molar-refractivity contribution in [3.05, 3.63) is 68.4 Å². The van der Waals surface area contributed by atoms with Gasteiger partial charge in [-0.15, -0.1) is 0 Å². The number of nitro groups is 1. The van der Waals surface area contributed by atoms with Gasteiger partial charge in [-0.3, -0.25) is 10.1 Å². The zero-order chi connectivity index (χ0) is 14.8. The number of para-hydroxylation sites is 1. The van der Waals surface area contributed by atoms with Crippen molar-refractivity contribution in [1.82, 2.24) is 4.98 Å². The first-order valence-electron chi connectivity index (χ1n) is 6.11. The Kier molecular flexibility index (Phi) is 3.70. The van der Waals surface area contributed by atoms with Crippen LogP contribution in [0.4, 0.5) is 5.69 Å². The topological polar surface area (TPSA) is 65.3 Å². The zero-order valence-corrected chi connectivity index (χ0v) is 12.9. The van der Waals surface area contributed by atoms with Crippen LogP contribution in [0.15, 0.2) is 54.7 Å². The molecule has 1 aromatic heterocycles. The molecule has 5 nitrogen and oxygen atoms in total. The monoisotopic (exact) mass is 392 g/mol. The van der Waals surface area contributed by atoms with E-state index < -0.39 is 4.92 Å². The molecule has 0 aliphatic carbocycles. The third kappa shape index (κ3) is 2.80. The van der Waals surface area contributed by atoms with Gasteiger partial charge in [0.2, 0.25) is 5.75 Å². The van der Waals surface area contributed by atoms with E-state index in [-0.39, 0.29) is 11.4 Å². The highest BCUT2D eigenvalue weighted by Crippen LogP contribution is 2.37. The standard InChI is InChI=1S/C15H9IN2O3/c16-10-4-3-5-11(8-10)21-15-12-6-1-2-7-13(12)17-9-14(15)18(19)20/h1-9H. The maximum absolute atomic E-state index is 11.2. The molecule has 0 saturated carbocycles. The van der Waals surface area contributed by atoms with Crippen molar-refractivity contribution in [3.8, 4) is 11.5 Å². The van der Waals surface area contributed by atoms with Crippen molar-refractivity contribution in [1.29, 1.82) is 0 Å². The second-order valence-corrected chi connectivity index (χ2v) is 5.55. The molecule has 0 atom stereocenters. The number of pyridine rings is 1. The number of hydrogen-bond donors (Lipinski definition) is 0. The molecule has 3 aromatic rings. The number of nitrogens with zero attached hydrogens (tertiary/aromatic N) is 2. The van der Waals surface area contributed by atoms with Gasteiger partial charge in [0.15, 0.2) is 0 Å². The quantitative estimate of drug-likeness (QED) is 0.373. The van der Waals surface area contributed by atoms with Crippen LogP contribution >= 0.6 is 22.6 Å². The average molecular weight is 392 g/mol. The largest absolute Gasteiger partial charge is 0.449 e. The second-order valence-electron chi connectivity index (χ2n) is 4.31. The molecule has 0 radical (unpaired) electrons. The van der Waals surface area contributed by atoms with Crippen molar-refractivity contribution >= 4 is 39.2 Å². The first kappa shape index (κ1) is 13.7. The summed E-state index contributed by atoms with van der Waals surface area (Å²) >= 11 is 2.16. The number of rotatable bonds is 3. The molecule has 0 aliphatic heterocycles. The highest BCUT2D eigenvalue weighted by molar-refractivity contribution is 14.1. The smallest absolute Gasteiger partial charge is 0.330 e. The van der Waals surface area contributed by atoms with E-state index in [4.69, 9.17) is 4.74 Å². The molecule has 1 heterocycles. The van der Waals surface area contributed by atoms with E-state index in [0.29, 0.717) is 16.7 Å². The van der Waals surface area contributed by atoms with Gasteiger partial charge in [0, 0.05) is 3.57 Å². The number of halogens is 1.